The van der Waals surface area contributed by atoms with E-state index in [-0.39, 0.29) is 18.0 Å². The fourth-order valence-electron chi connectivity index (χ4n) is 5.18. The largest absolute Gasteiger partial charge is 0.352 e. The van der Waals surface area contributed by atoms with E-state index in [1.807, 2.05) is 25.5 Å². The van der Waals surface area contributed by atoms with E-state index in [9.17, 15) is 4.79 Å². The van der Waals surface area contributed by atoms with Gasteiger partial charge in [-0.05, 0) is 51.0 Å². The molecule has 1 heterocycles. The minimum atomic E-state index is 0.0193. The van der Waals surface area contributed by atoms with Crippen molar-refractivity contribution in [1.82, 2.24) is 20.1 Å². The number of hydrogen-bond acceptors (Lipinski definition) is 3. The number of amides is 1. The van der Waals surface area contributed by atoms with Gasteiger partial charge in [0.1, 0.15) is 11.6 Å². The first-order valence-electron chi connectivity index (χ1n) is 9.78. The summed E-state index contributed by atoms with van der Waals surface area (Å²) in [7, 11) is 0. The van der Waals surface area contributed by atoms with Crippen molar-refractivity contribution >= 4 is 5.91 Å². The molecule has 5 atom stereocenters. The molecule has 138 valence electrons. The fourth-order valence-corrected chi connectivity index (χ4v) is 5.18. The number of carbonyl (C=O) groups is 1. The van der Waals surface area contributed by atoms with Crippen LogP contribution in [0, 0.1) is 25.7 Å². The Morgan fingerprint density at radius 1 is 1.23 bits per heavy atom. The summed E-state index contributed by atoms with van der Waals surface area (Å²) in [6, 6.07) is 11.0. The minimum absolute atomic E-state index is 0.0193. The highest BCUT2D eigenvalue weighted by Gasteiger charge is 2.53. The summed E-state index contributed by atoms with van der Waals surface area (Å²) in [4.78, 5) is 17.1. The summed E-state index contributed by atoms with van der Waals surface area (Å²) in [6.07, 6.45) is 4.28. The maximum Gasteiger partial charge on any atom is 0.222 e. The van der Waals surface area contributed by atoms with Crippen LogP contribution in [0.3, 0.4) is 0 Å². The van der Waals surface area contributed by atoms with Crippen molar-refractivity contribution in [2.75, 3.05) is 0 Å². The molecule has 0 bridgehead atoms. The van der Waals surface area contributed by atoms with Crippen molar-refractivity contribution in [2.24, 2.45) is 11.8 Å². The highest BCUT2D eigenvalue weighted by atomic mass is 16.1. The molecule has 2 fully saturated rings. The second kappa shape index (κ2) is 6.86. The average molecular weight is 352 g/mol. The smallest absolute Gasteiger partial charge is 0.222 e. The van der Waals surface area contributed by atoms with Crippen molar-refractivity contribution < 1.29 is 4.79 Å². The molecule has 26 heavy (non-hydrogen) atoms. The van der Waals surface area contributed by atoms with E-state index >= 15 is 0 Å². The summed E-state index contributed by atoms with van der Waals surface area (Å²) in [5.41, 5.74) is 1.37. The van der Waals surface area contributed by atoms with Gasteiger partial charge in [-0.25, -0.2) is 9.67 Å². The van der Waals surface area contributed by atoms with Crippen molar-refractivity contribution in [3.63, 3.8) is 0 Å². The monoisotopic (exact) mass is 352 g/mol. The first-order valence-corrected chi connectivity index (χ1v) is 9.78. The van der Waals surface area contributed by atoms with E-state index < -0.39 is 0 Å². The number of carbonyl (C=O) groups excluding carboxylic acids is 1. The van der Waals surface area contributed by atoms with Crippen LogP contribution in [0.1, 0.15) is 61.8 Å². The van der Waals surface area contributed by atoms with E-state index in [1.165, 1.54) is 24.8 Å². The lowest BCUT2D eigenvalue weighted by Gasteiger charge is -2.50. The van der Waals surface area contributed by atoms with E-state index in [4.69, 9.17) is 0 Å². The molecule has 2 aliphatic carbocycles. The number of nitrogens with one attached hydrogen (secondary N) is 1. The van der Waals surface area contributed by atoms with Crippen LogP contribution in [-0.4, -0.2) is 26.7 Å². The van der Waals surface area contributed by atoms with Crippen LogP contribution in [-0.2, 0) is 4.79 Å². The third kappa shape index (κ3) is 3.04. The standard InChI is InChI=1S/C21H28N4O/c1-13(25-15(3)22-14(2)24-25)12-19(26)23-21-18-11-7-10-17(18)20(21)16-8-5-4-6-9-16/h4-6,8-9,13,17-18,20-21H,7,10-12H2,1-3H3,(H,23,26)/t13-,17-,18-,20+,21-/m1/s1. The molecule has 4 rings (SSSR count). The van der Waals surface area contributed by atoms with Gasteiger partial charge in [0.2, 0.25) is 5.91 Å². The number of aromatic nitrogens is 3. The van der Waals surface area contributed by atoms with Gasteiger partial charge in [0.15, 0.2) is 0 Å². The molecule has 1 N–H and O–H groups in total. The lowest BCUT2D eigenvalue weighted by Crippen LogP contribution is -2.56. The van der Waals surface area contributed by atoms with Crippen LogP contribution in [0.4, 0.5) is 0 Å². The molecule has 2 aliphatic rings. The van der Waals surface area contributed by atoms with Crippen LogP contribution >= 0.6 is 0 Å². The zero-order chi connectivity index (χ0) is 18.3. The molecule has 0 radical (unpaired) electrons. The Labute approximate surface area is 155 Å². The molecule has 0 unspecified atom stereocenters. The van der Waals surface area contributed by atoms with Gasteiger partial charge in [-0.2, -0.15) is 5.10 Å². The van der Waals surface area contributed by atoms with Gasteiger partial charge in [0, 0.05) is 18.4 Å². The quantitative estimate of drug-likeness (QED) is 0.895. The molecular formula is C21H28N4O. The molecule has 5 nitrogen and oxygen atoms in total. The first kappa shape index (κ1) is 17.3. The Hall–Kier alpha value is -2.17. The van der Waals surface area contributed by atoms with Gasteiger partial charge in [0.05, 0.1) is 6.04 Å². The summed E-state index contributed by atoms with van der Waals surface area (Å²) in [6.45, 7) is 5.86. The highest BCUT2D eigenvalue weighted by Crippen LogP contribution is 2.55. The molecular weight excluding hydrogens is 324 g/mol. The van der Waals surface area contributed by atoms with E-state index in [0.717, 1.165) is 17.6 Å². The van der Waals surface area contributed by atoms with Gasteiger partial charge < -0.3 is 5.32 Å². The topological polar surface area (TPSA) is 59.8 Å². The van der Waals surface area contributed by atoms with Crippen LogP contribution in [0.5, 0.6) is 0 Å². The number of nitrogens with zero attached hydrogens (tertiary/aromatic N) is 3. The Balaban J connectivity index is 1.43. The number of benzene rings is 1. The summed E-state index contributed by atoms with van der Waals surface area (Å²) in [5, 5.41) is 7.78. The predicted molar refractivity (Wildman–Crippen MR) is 101 cm³/mol. The lowest BCUT2D eigenvalue weighted by molar-refractivity contribution is -0.124. The van der Waals surface area contributed by atoms with Crippen molar-refractivity contribution in [2.45, 2.75) is 64.5 Å². The average Bonchev–Trinajstić information content (AvgIpc) is 3.17. The molecule has 0 saturated heterocycles. The maximum atomic E-state index is 12.7. The molecule has 1 aromatic carbocycles. The van der Waals surface area contributed by atoms with Crippen LogP contribution in [0.25, 0.3) is 0 Å². The van der Waals surface area contributed by atoms with Crippen molar-refractivity contribution in [3.8, 4) is 0 Å². The van der Waals surface area contributed by atoms with E-state index in [2.05, 4.69) is 45.7 Å². The molecule has 5 heteroatoms. The third-order valence-corrected chi connectivity index (χ3v) is 6.25. The molecule has 0 aliphatic heterocycles. The summed E-state index contributed by atoms with van der Waals surface area (Å²) >= 11 is 0. The van der Waals surface area contributed by atoms with E-state index in [1.54, 1.807) is 0 Å². The van der Waals surface area contributed by atoms with E-state index in [0.29, 0.717) is 18.3 Å². The van der Waals surface area contributed by atoms with Gasteiger partial charge >= 0.3 is 0 Å². The highest BCUT2D eigenvalue weighted by molar-refractivity contribution is 5.77. The fraction of sp³-hybridized carbons (Fsp3) is 0.571. The van der Waals surface area contributed by atoms with Gasteiger partial charge in [-0.1, -0.05) is 36.8 Å². The Bertz CT molecular complexity index is 785. The Morgan fingerprint density at radius 2 is 1.96 bits per heavy atom. The Kier molecular flexibility index (Phi) is 4.55. The molecule has 2 aromatic rings. The predicted octanol–water partition coefficient (Wildman–Crippen LogP) is 3.54. The second-order valence-corrected chi connectivity index (χ2v) is 7.99. The zero-order valence-corrected chi connectivity index (χ0v) is 15.9. The normalized spacial score (nSPS) is 28.3. The first-order chi connectivity index (χ1) is 12.5. The molecule has 0 spiro atoms. The van der Waals surface area contributed by atoms with Gasteiger partial charge in [-0.3, -0.25) is 4.79 Å². The summed E-state index contributed by atoms with van der Waals surface area (Å²) < 4.78 is 1.86. The number of fused-ring (bicyclic) bond motifs is 1. The van der Waals surface area contributed by atoms with Gasteiger partial charge in [-0.15, -0.1) is 0 Å². The molecule has 1 amide bonds. The third-order valence-electron chi connectivity index (χ3n) is 6.25. The van der Waals surface area contributed by atoms with Crippen LogP contribution in [0.15, 0.2) is 30.3 Å². The van der Waals surface area contributed by atoms with Gasteiger partial charge in [0.25, 0.3) is 0 Å². The molecule has 2 saturated carbocycles. The number of rotatable bonds is 5. The number of aryl methyl sites for hydroxylation is 2. The van der Waals surface area contributed by atoms with Crippen molar-refractivity contribution in [1.29, 1.82) is 0 Å². The maximum absolute atomic E-state index is 12.7. The Morgan fingerprint density at radius 3 is 2.65 bits per heavy atom. The number of hydrogen-bond donors (Lipinski definition) is 1. The lowest BCUT2D eigenvalue weighted by atomic mass is 9.60. The SMILES string of the molecule is Cc1nc(C)n([C@H](C)CC(=O)N[C@@H]2[C@@H]3CCC[C@H]3[C@@H]2c2ccccc2)n1. The molecule has 1 aromatic heterocycles. The van der Waals surface area contributed by atoms with Crippen molar-refractivity contribution in [3.05, 3.63) is 47.5 Å². The summed E-state index contributed by atoms with van der Waals surface area (Å²) in [5.74, 6) is 3.60. The zero-order valence-electron chi connectivity index (χ0n) is 15.9. The second-order valence-electron chi connectivity index (χ2n) is 7.99. The van der Waals surface area contributed by atoms with Crippen LogP contribution < -0.4 is 5.32 Å². The minimum Gasteiger partial charge on any atom is -0.352 e. The van der Waals surface area contributed by atoms with Crippen LogP contribution in [0.2, 0.25) is 0 Å².